The maximum Gasteiger partial charge on any atom is 0.311 e. The van der Waals surface area contributed by atoms with Crippen molar-refractivity contribution in [3.63, 3.8) is 0 Å². The summed E-state index contributed by atoms with van der Waals surface area (Å²) in [6.07, 6.45) is 5.09. The molecular weight excluding hydrogens is 348 g/mol. The molecule has 3 nitrogen and oxygen atoms in total. The van der Waals surface area contributed by atoms with Gasteiger partial charge < -0.3 is 8.23 Å². The van der Waals surface area contributed by atoms with Gasteiger partial charge >= 0.3 is 8.56 Å². The van der Waals surface area contributed by atoms with Gasteiger partial charge in [0, 0.05) is 6.42 Å². The minimum absolute atomic E-state index is 0.192. The summed E-state index contributed by atoms with van der Waals surface area (Å²) in [5.74, 6) is 0.192. The van der Waals surface area contributed by atoms with E-state index in [1.807, 2.05) is 0 Å². The molecule has 24 heavy (non-hydrogen) atoms. The van der Waals surface area contributed by atoms with E-state index in [-0.39, 0.29) is 5.78 Å². The summed E-state index contributed by atoms with van der Waals surface area (Å²) in [4.78, 5) is 11.6. The molecule has 0 N–H and O–H groups in total. The van der Waals surface area contributed by atoms with Crippen LogP contribution in [0.1, 0.15) is 46.0 Å². The quantitative estimate of drug-likeness (QED) is 0.212. The maximum atomic E-state index is 11.6. The number of carbonyl (C=O) groups excluding carboxylic acids is 1. The molecular formula is C18H40O3Si3. The molecule has 6 heteroatoms. The Hall–Kier alpha value is -0.0194. The van der Waals surface area contributed by atoms with Crippen LogP contribution in [0.15, 0.2) is 12.2 Å². The Morgan fingerprint density at radius 3 is 1.75 bits per heavy atom. The summed E-state index contributed by atoms with van der Waals surface area (Å²) in [5.41, 5.74) is 0.670. The summed E-state index contributed by atoms with van der Waals surface area (Å²) in [6, 6.07) is 2.31. The molecule has 0 bridgehead atoms. The molecule has 142 valence electrons. The van der Waals surface area contributed by atoms with E-state index >= 15 is 0 Å². The Labute approximate surface area is 153 Å². The fourth-order valence-corrected chi connectivity index (χ4v) is 17.4. The van der Waals surface area contributed by atoms with Crippen molar-refractivity contribution in [3.8, 4) is 0 Å². The van der Waals surface area contributed by atoms with Gasteiger partial charge in [0.1, 0.15) is 0 Å². The van der Waals surface area contributed by atoms with Crippen molar-refractivity contribution in [2.24, 2.45) is 0 Å². The van der Waals surface area contributed by atoms with Gasteiger partial charge in [-0.15, -0.1) is 0 Å². The number of carbonyl (C=O) groups is 1. The van der Waals surface area contributed by atoms with Crippen molar-refractivity contribution in [1.29, 1.82) is 0 Å². The first-order chi connectivity index (χ1) is 10.8. The lowest BCUT2D eigenvalue weighted by Gasteiger charge is -2.38. The molecule has 0 saturated heterocycles. The third-order valence-electron chi connectivity index (χ3n) is 4.09. The molecule has 0 aliphatic rings. The van der Waals surface area contributed by atoms with Crippen molar-refractivity contribution in [3.05, 3.63) is 12.2 Å². The molecule has 0 spiro atoms. The van der Waals surface area contributed by atoms with Crippen LogP contribution in [0.2, 0.25) is 51.4 Å². The highest BCUT2D eigenvalue weighted by molar-refractivity contribution is 6.87. The Balaban J connectivity index is 4.39. The average Bonchev–Trinajstić information content (AvgIpc) is 2.38. The molecule has 0 unspecified atom stereocenters. The van der Waals surface area contributed by atoms with E-state index in [1.165, 1.54) is 18.9 Å². The first-order valence-electron chi connectivity index (χ1n) is 9.39. The number of unbranched alkanes of at least 4 members (excludes halogenated alkanes) is 2. The highest BCUT2D eigenvalue weighted by atomic mass is 28.5. The van der Waals surface area contributed by atoms with Crippen LogP contribution in [0.3, 0.4) is 0 Å². The van der Waals surface area contributed by atoms with Crippen molar-refractivity contribution < 1.29 is 13.0 Å². The van der Waals surface area contributed by atoms with Crippen molar-refractivity contribution in [1.82, 2.24) is 0 Å². The number of Topliss-reactive ketones (excluding diaryl/α,β-unsaturated/α-hetero) is 1. The lowest BCUT2D eigenvalue weighted by atomic mass is 10.1. The monoisotopic (exact) mass is 388 g/mol. The van der Waals surface area contributed by atoms with Gasteiger partial charge in [0.15, 0.2) is 22.4 Å². The fraction of sp³-hybridized carbons (Fsp3) is 0.833. The topological polar surface area (TPSA) is 35.5 Å². The summed E-state index contributed by atoms with van der Waals surface area (Å²) < 4.78 is 13.1. The molecule has 0 aromatic heterocycles. The third-order valence-corrected chi connectivity index (χ3v) is 15.6. The third kappa shape index (κ3) is 11.5. The van der Waals surface area contributed by atoms with Gasteiger partial charge in [0.2, 0.25) is 0 Å². The highest BCUT2D eigenvalue weighted by Crippen LogP contribution is 2.26. The zero-order valence-electron chi connectivity index (χ0n) is 17.4. The highest BCUT2D eigenvalue weighted by Gasteiger charge is 2.39. The van der Waals surface area contributed by atoms with Gasteiger partial charge in [-0.3, -0.25) is 4.79 Å². The Bertz CT molecular complexity index is 418. The Morgan fingerprint density at radius 1 is 0.875 bits per heavy atom. The molecule has 0 aliphatic heterocycles. The zero-order chi connectivity index (χ0) is 19.0. The smallest absolute Gasteiger partial charge is 0.311 e. The van der Waals surface area contributed by atoms with E-state index in [2.05, 4.69) is 52.8 Å². The number of allylic oxidation sites excluding steroid dienone is 1. The standard InChI is InChI=1S/C18H40O3Si3/c1-10-11-15-22(4,5)20-24(8,9)21-23(6,7)16-13-12-14-18(19)17(2)3/h2,10-16H2,1,3-9H3. The molecule has 0 amide bonds. The minimum atomic E-state index is -2.08. The van der Waals surface area contributed by atoms with Gasteiger partial charge in [-0.2, -0.15) is 0 Å². The van der Waals surface area contributed by atoms with Gasteiger partial charge in [-0.05, 0) is 70.3 Å². The minimum Gasteiger partial charge on any atom is -0.437 e. The largest absolute Gasteiger partial charge is 0.437 e. The van der Waals surface area contributed by atoms with E-state index in [1.54, 1.807) is 6.92 Å². The average molecular weight is 389 g/mol. The van der Waals surface area contributed by atoms with Gasteiger partial charge in [0.25, 0.3) is 0 Å². The number of ketones is 1. The Morgan fingerprint density at radius 2 is 1.33 bits per heavy atom. The molecule has 0 atom stereocenters. The van der Waals surface area contributed by atoms with Crippen LogP contribution in [-0.2, 0) is 13.0 Å². The maximum absolute atomic E-state index is 11.6. The lowest BCUT2D eigenvalue weighted by molar-refractivity contribution is -0.115. The molecule has 0 rings (SSSR count). The predicted molar refractivity (Wildman–Crippen MR) is 113 cm³/mol. The van der Waals surface area contributed by atoms with Gasteiger partial charge in [0.05, 0.1) is 0 Å². The second-order valence-corrected chi connectivity index (χ2v) is 21.1. The molecule has 0 aromatic carbocycles. The number of hydrogen-bond acceptors (Lipinski definition) is 3. The SMILES string of the molecule is C=C(C)C(=O)CCCC[Si](C)(C)O[Si](C)(C)O[Si](C)(C)CCCC. The van der Waals surface area contributed by atoms with E-state index < -0.39 is 25.2 Å². The van der Waals surface area contributed by atoms with E-state index in [0.717, 1.165) is 18.9 Å². The van der Waals surface area contributed by atoms with E-state index in [4.69, 9.17) is 8.23 Å². The summed E-state index contributed by atoms with van der Waals surface area (Å²) >= 11 is 0. The van der Waals surface area contributed by atoms with Crippen molar-refractivity contribution in [2.45, 2.75) is 97.3 Å². The first-order valence-corrected chi connectivity index (χ1v) is 18.4. The number of rotatable bonds is 13. The normalized spacial score (nSPS) is 13.2. The second kappa shape index (κ2) is 10.2. The van der Waals surface area contributed by atoms with Gasteiger partial charge in [-0.1, -0.05) is 32.8 Å². The van der Waals surface area contributed by atoms with E-state index in [9.17, 15) is 4.79 Å². The fourth-order valence-electron chi connectivity index (χ4n) is 3.11. The lowest BCUT2D eigenvalue weighted by Crippen LogP contribution is -2.52. The molecule has 0 heterocycles. The zero-order valence-corrected chi connectivity index (χ0v) is 20.4. The molecule has 0 fully saturated rings. The van der Waals surface area contributed by atoms with Crippen LogP contribution in [0, 0.1) is 0 Å². The van der Waals surface area contributed by atoms with Crippen LogP contribution < -0.4 is 0 Å². The van der Waals surface area contributed by atoms with Crippen molar-refractivity contribution in [2.75, 3.05) is 0 Å². The van der Waals surface area contributed by atoms with Gasteiger partial charge in [-0.25, -0.2) is 0 Å². The predicted octanol–water partition coefficient (Wildman–Crippen LogP) is 6.25. The molecule has 0 saturated carbocycles. The van der Waals surface area contributed by atoms with Crippen LogP contribution in [0.4, 0.5) is 0 Å². The molecule has 0 radical (unpaired) electrons. The summed E-state index contributed by atoms with van der Waals surface area (Å²) in [5, 5.41) is 0. The summed E-state index contributed by atoms with van der Waals surface area (Å²) in [7, 11) is -5.45. The van der Waals surface area contributed by atoms with Crippen LogP contribution >= 0.6 is 0 Å². The van der Waals surface area contributed by atoms with Crippen molar-refractivity contribution >= 4 is 31.0 Å². The second-order valence-electron chi connectivity index (χ2n) is 8.64. The molecule has 0 aromatic rings. The van der Waals surface area contributed by atoms with E-state index in [0.29, 0.717) is 12.0 Å². The van der Waals surface area contributed by atoms with Crippen LogP contribution in [-0.4, -0.2) is 31.0 Å². The van der Waals surface area contributed by atoms with Crippen LogP contribution in [0.5, 0.6) is 0 Å². The first kappa shape index (κ1) is 24.0. The molecule has 0 aliphatic carbocycles. The van der Waals surface area contributed by atoms with Crippen LogP contribution in [0.25, 0.3) is 0 Å². The number of hydrogen-bond donors (Lipinski definition) is 0. The Kier molecular flexibility index (Phi) is 10.2. The summed E-state index contributed by atoms with van der Waals surface area (Å²) in [6.45, 7) is 21.3.